The lowest BCUT2D eigenvalue weighted by molar-refractivity contribution is -0.152. The second-order valence-electron chi connectivity index (χ2n) is 3.96. The van der Waals surface area contributed by atoms with E-state index in [2.05, 4.69) is 0 Å². The Labute approximate surface area is 80.7 Å². The van der Waals surface area contributed by atoms with Crippen LogP contribution >= 0.6 is 0 Å². The number of rotatable bonds is 2. The normalized spacial score (nSPS) is 40.0. The molecule has 1 saturated heterocycles. The zero-order valence-corrected chi connectivity index (χ0v) is 7.98. The van der Waals surface area contributed by atoms with E-state index in [0.717, 1.165) is 4.90 Å². The van der Waals surface area contributed by atoms with E-state index in [1.54, 1.807) is 6.92 Å². The number of hydrogen-bond donors (Lipinski definition) is 1. The van der Waals surface area contributed by atoms with E-state index in [9.17, 15) is 14.4 Å². The number of aliphatic carboxylic acids is 1. The second-order valence-corrected chi connectivity index (χ2v) is 3.96. The maximum atomic E-state index is 11.6. The van der Waals surface area contributed by atoms with Crippen LogP contribution in [0.1, 0.15) is 13.8 Å². The minimum absolute atomic E-state index is 0.326. The molecule has 2 rings (SSSR count). The van der Waals surface area contributed by atoms with Crippen molar-refractivity contribution in [2.75, 3.05) is 6.54 Å². The molecule has 2 unspecified atom stereocenters. The zero-order chi connectivity index (χ0) is 10.7. The van der Waals surface area contributed by atoms with Crippen molar-refractivity contribution in [1.82, 2.24) is 4.90 Å². The number of imide groups is 1. The highest BCUT2D eigenvalue weighted by molar-refractivity contribution is 6.14. The van der Waals surface area contributed by atoms with Crippen LogP contribution in [-0.4, -0.2) is 34.3 Å². The van der Waals surface area contributed by atoms with Crippen molar-refractivity contribution in [3.63, 3.8) is 0 Å². The van der Waals surface area contributed by atoms with Gasteiger partial charge in [0.2, 0.25) is 11.8 Å². The number of nitrogens with zero attached hydrogens (tertiary/aromatic N) is 1. The first-order valence-electron chi connectivity index (χ1n) is 4.54. The SMILES string of the molecule is CCN1C(=O)C2C(C1=O)C2(C)C(=O)O. The Morgan fingerprint density at radius 3 is 2.14 bits per heavy atom. The average molecular weight is 197 g/mol. The van der Waals surface area contributed by atoms with Crippen LogP contribution in [0.25, 0.3) is 0 Å². The van der Waals surface area contributed by atoms with Gasteiger partial charge in [-0.1, -0.05) is 0 Å². The zero-order valence-electron chi connectivity index (χ0n) is 7.98. The molecule has 1 aliphatic carbocycles. The number of likely N-dealkylation sites (tertiary alicyclic amines) is 1. The van der Waals surface area contributed by atoms with Gasteiger partial charge in [-0.25, -0.2) is 0 Å². The Hall–Kier alpha value is -1.39. The van der Waals surface area contributed by atoms with Gasteiger partial charge in [-0.15, -0.1) is 0 Å². The Morgan fingerprint density at radius 1 is 1.43 bits per heavy atom. The maximum absolute atomic E-state index is 11.6. The predicted molar refractivity (Wildman–Crippen MR) is 45.1 cm³/mol. The third kappa shape index (κ3) is 0.731. The summed E-state index contributed by atoms with van der Waals surface area (Å²) < 4.78 is 0. The van der Waals surface area contributed by atoms with E-state index in [1.165, 1.54) is 6.92 Å². The highest BCUT2D eigenvalue weighted by Crippen LogP contribution is 2.63. The molecule has 76 valence electrons. The van der Waals surface area contributed by atoms with Gasteiger partial charge in [-0.3, -0.25) is 19.3 Å². The van der Waals surface area contributed by atoms with E-state index in [1.807, 2.05) is 0 Å². The third-order valence-electron chi connectivity index (χ3n) is 3.36. The van der Waals surface area contributed by atoms with Crippen molar-refractivity contribution in [2.24, 2.45) is 17.3 Å². The smallest absolute Gasteiger partial charge is 0.311 e. The Morgan fingerprint density at radius 2 is 1.86 bits per heavy atom. The predicted octanol–water partition coefficient (Wildman–Crippen LogP) is -0.288. The van der Waals surface area contributed by atoms with Gasteiger partial charge in [0.1, 0.15) is 0 Å². The van der Waals surface area contributed by atoms with Crippen molar-refractivity contribution >= 4 is 17.8 Å². The van der Waals surface area contributed by atoms with Gasteiger partial charge in [-0.2, -0.15) is 0 Å². The molecular formula is C9H11NO4. The van der Waals surface area contributed by atoms with Gasteiger partial charge in [0.05, 0.1) is 17.3 Å². The van der Waals surface area contributed by atoms with Crippen molar-refractivity contribution in [3.05, 3.63) is 0 Å². The van der Waals surface area contributed by atoms with Crippen molar-refractivity contribution < 1.29 is 19.5 Å². The molecule has 0 aromatic heterocycles. The molecule has 1 saturated carbocycles. The molecule has 0 aromatic rings. The average Bonchev–Trinajstić information content (AvgIpc) is 2.65. The molecule has 2 aliphatic rings. The van der Waals surface area contributed by atoms with Gasteiger partial charge < -0.3 is 5.11 Å². The van der Waals surface area contributed by atoms with Crippen molar-refractivity contribution in [1.29, 1.82) is 0 Å². The summed E-state index contributed by atoms with van der Waals surface area (Å²) in [6.45, 7) is 3.51. The third-order valence-corrected chi connectivity index (χ3v) is 3.36. The summed E-state index contributed by atoms with van der Waals surface area (Å²) in [5.41, 5.74) is -1.14. The topological polar surface area (TPSA) is 74.7 Å². The maximum Gasteiger partial charge on any atom is 0.311 e. The van der Waals surface area contributed by atoms with Crippen LogP contribution in [-0.2, 0) is 14.4 Å². The monoisotopic (exact) mass is 197 g/mol. The van der Waals surface area contributed by atoms with E-state index in [0.29, 0.717) is 6.54 Å². The molecule has 0 spiro atoms. The summed E-state index contributed by atoms with van der Waals surface area (Å²) in [5, 5.41) is 8.89. The van der Waals surface area contributed by atoms with Gasteiger partial charge >= 0.3 is 5.97 Å². The first-order chi connectivity index (χ1) is 6.46. The summed E-state index contributed by atoms with van der Waals surface area (Å²) in [5.74, 6) is -2.94. The molecule has 2 fully saturated rings. The number of carbonyl (C=O) groups is 3. The fraction of sp³-hybridized carbons (Fsp3) is 0.667. The number of carbonyl (C=O) groups excluding carboxylic acids is 2. The summed E-state index contributed by atoms with van der Waals surface area (Å²) in [6, 6.07) is 0. The van der Waals surface area contributed by atoms with E-state index < -0.39 is 23.2 Å². The van der Waals surface area contributed by atoms with E-state index in [4.69, 9.17) is 5.11 Å². The van der Waals surface area contributed by atoms with Crippen LogP contribution in [0.5, 0.6) is 0 Å². The highest BCUT2D eigenvalue weighted by Gasteiger charge is 2.78. The van der Waals surface area contributed by atoms with Crippen LogP contribution in [0.4, 0.5) is 0 Å². The summed E-state index contributed by atoms with van der Waals surface area (Å²) in [4.78, 5) is 35.1. The molecular weight excluding hydrogens is 186 g/mol. The molecule has 0 bridgehead atoms. The van der Waals surface area contributed by atoms with Crippen LogP contribution in [0.15, 0.2) is 0 Å². The molecule has 1 heterocycles. The van der Waals surface area contributed by atoms with Gasteiger partial charge in [-0.05, 0) is 13.8 Å². The highest BCUT2D eigenvalue weighted by atomic mass is 16.4. The standard InChI is InChI=1S/C9H11NO4/c1-3-10-6(11)4-5(7(10)12)9(4,2)8(13)14/h4-5H,3H2,1-2H3,(H,13,14). The largest absolute Gasteiger partial charge is 0.481 e. The molecule has 2 amide bonds. The number of carboxylic acids is 1. The number of amides is 2. The minimum atomic E-state index is -1.14. The summed E-state index contributed by atoms with van der Waals surface area (Å²) in [6.07, 6.45) is 0. The van der Waals surface area contributed by atoms with E-state index >= 15 is 0 Å². The lowest BCUT2D eigenvalue weighted by Gasteiger charge is -2.18. The number of hydrogen-bond acceptors (Lipinski definition) is 3. The van der Waals surface area contributed by atoms with Crippen LogP contribution in [0.2, 0.25) is 0 Å². The summed E-state index contributed by atoms with van der Waals surface area (Å²) in [7, 11) is 0. The van der Waals surface area contributed by atoms with Gasteiger partial charge in [0.15, 0.2) is 0 Å². The van der Waals surface area contributed by atoms with Crippen molar-refractivity contribution in [3.8, 4) is 0 Å². The molecule has 14 heavy (non-hydrogen) atoms. The number of carboxylic acid groups (broad SMARTS) is 1. The van der Waals surface area contributed by atoms with Gasteiger partial charge in [0, 0.05) is 6.54 Å². The number of piperidine rings is 1. The first kappa shape index (κ1) is 9.18. The van der Waals surface area contributed by atoms with Crippen LogP contribution in [0, 0.1) is 17.3 Å². The molecule has 5 heteroatoms. The molecule has 5 nitrogen and oxygen atoms in total. The minimum Gasteiger partial charge on any atom is -0.481 e. The van der Waals surface area contributed by atoms with Crippen LogP contribution in [0.3, 0.4) is 0 Å². The Bertz CT molecular complexity index is 327. The lowest BCUT2D eigenvalue weighted by atomic mass is 10.0. The summed E-state index contributed by atoms with van der Waals surface area (Å²) >= 11 is 0. The van der Waals surface area contributed by atoms with Crippen molar-refractivity contribution in [2.45, 2.75) is 13.8 Å². The fourth-order valence-electron chi connectivity index (χ4n) is 2.33. The quantitative estimate of drug-likeness (QED) is 0.617. The molecule has 0 aromatic carbocycles. The van der Waals surface area contributed by atoms with E-state index in [-0.39, 0.29) is 11.8 Å². The van der Waals surface area contributed by atoms with Gasteiger partial charge in [0.25, 0.3) is 0 Å². The molecule has 1 aliphatic heterocycles. The molecule has 0 radical (unpaired) electrons. The second kappa shape index (κ2) is 2.34. The fourth-order valence-corrected chi connectivity index (χ4v) is 2.33. The first-order valence-corrected chi connectivity index (χ1v) is 4.54. The molecule has 1 N–H and O–H groups in total. The van der Waals surface area contributed by atoms with Crippen LogP contribution < -0.4 is 0 Å². The lowest BCUT2D eigenvalue weighted by Crippen LogP contribution is -2.38. The molecule has 2 atom stereocenters. The Kier molecular flexibility index (Phi) is 1.54. The Balaban J connectivity index is 2.31. The number of fused-ring (bicyclic) bond motifs is 1.